The van der Waals surface area contributed by atoms with Gasteiger partial charge in [-0.05, 0) is 41.7 Å². The van der Waals surface area contributed by atoms with Crippen LogP contribution in [0, 0.1) is 6.92 Å². The number of hydrogen-bond acceptors (Lipinski definition) is 4. The molecule has 0 fully saturated rings. The van der Waals surface area contributed by atoms with E-state index in [0.29, 0.717) is 11.7 Å². The highest BCUT2D eigenvalue weighted by atomic mass is 16.6. The number of carbonyl (C=O) groups is 1. The molecule has 0 saturated heterocycles. The maximum absolute atomic E-state index is 12.7. The van der Waals surface area contributed by atoms with Crippen LogP contribution in [0.15, 0.2) is 65.1 Å². The molecule has 152 valence electrons. The molecule has 0 bridgehead atoms. The smallest absolute Gasteiger partial charge is 0.290 e. The number of amides is 1. The molecule has 0 saturated carbocycles. The molecule has 29 heavy (non-hydrogen) atoms. The van der Waals surface area contributed by atoms with Crippen molar-refractivity contribution >= 4 is 5.91 Å². The molecule has 3 aromatic rings. The van der Waals surface area contributed by atoms with E-state index < -0.39 is 6.10 Å². The molecule has 0 aliphatic carbocycles. The van der Waals surface area contributed by atoms with Crippen molar-refractivity contribution in [2.45, 2.75) is 32.8 Å². The van der Waals surface area contributed by atoms with Gasteiger partial charge in [-0.3, -0.25) is 4.79 Å². The minimum absolute atomic E-state index is 0.162. The second kappa shape index (κ2) is 8.97. The van der Waals surface area contributed by atoms with Crippen molar-refractivity contribution in [2.24, 2.45) is 0 Å². The summed E-state index contributed by atoms with van der Waals surface area (Å²) in [6, 6.07) is 18.6. The van der Waals surface area contributed by atoms with Crippen molar-refractivity contribution in [3.63, 3.8) is 0 Å². The van der Waals surface area contributed by atoms with Gasteiger partial charge in [0.15, 0.2) is 5.76 Å². The molecule has 1 amide bonds. The summed E-state index contributed by atoms with van der Waals surface area (Å²) >= 11 is 0. The van der Waals surface area contributed by atoms with Crippen LogP contribution in [0.4, 0.5) is 0 Å². The number of benzene rings is 2. The highest BCUT2D eigenvalue weighted by Crippen LogP contribution is 2.30. The Hall–Kier alpha value is -3.05. The second-order valence-corrected chi connectivity index (χ2v) is 7.51. The van der Waals surface area contributed by atoms with E-state index in [1.165, 1.54) is 10.5 Å². The molecule has 2 aromatic carbocycles. The van der Waals surface area contributed by atoms with Crippen molar-refractivity contribution in [3.8, 4) is 11.7 Å². The van der Waals surface area contributed by atoms with Crippen LogP contribution in [0.5, 0.6) is 11.7 Å². The quantitative estimate of drug-likeness (QED) is 0.591. The Morgan fingerprint density at radius 2 is 1.79 bits per heavy atom. The van der Waals surface area contributed by atoms with Crippen LogP contribution < -0.4 is 4.74 Å². The lowest BCUT2D eigenvalue weighted by Crippen LogP contribution is -2.30. The molecule has 5 heteroatoms. The average Bonchev–Trinajstić information content (AvgIpc) is 3.18. The molecule has 0 aliphatic rings. The predicted octanol–water partition coefficient (Wildman–Crippen LogP) is 5.31. The van der Waals surface area contributed by atoms with Gasteiger partial charge < -0.3 is 19.2 Å². The molecule has 5 nitrogen and oxygen atoms in total. The lowest BCUT2D eigenvalue weighted by molar-refractivity contribution is 0.0647. The van der Waals surface area contributed by atoms with Gasteiger partial charge in [0.1, 0.15) is 5.75 Å². The summed E-state index contributed by atoms with van der Waals surface area (Å²) in [6.07, 6.45) is -0.766. The van der Waals surface area contributed by atoms with Crippen LogP contribution in [-0.2, 0) is 0 Å². The van der Waals surface area contributed by atoms with Crippen LogP contribution in [-0.4, -0.2) is 29.5 Å². The number of aryl methyl sites for hydroxylation is 1. The molecule has 3 rings (SSSR count). The van der Waals surface area contributed by atoms with Crippen molar-refractivity contribution in [3.05, 3.63) is 83.1 Å². The van der Waals surface area contributed by atoms with E-state index in [1.54, 1.807) is 19.2 Å². The van der Waals surface area contributed by atoms with Crippen LogP contribution in [0.3, 0.4) is 0 Å². The Balaban J connectivity index is 1.68. The van der Waals surface area contributed by atoms with Crippen LogP contribution >= 0.6 is 0 Å². The van der Waals surface area contributed by atoms with Crippen LogP contribution in [0.25, 0.3) is 0 Å². The fraction of sp³-hybridized carbons (Fsp3) is 0.292. The Kier molecular flexibility index (Phi) is 6.39. The molecular formula is C24H27NO4. The summed E-state index contributed by atoms with van der Waals surface area (Å²) in [4.78, 5) is 14.1. The van der Waals surface area contributed by atoms with E-state index >= 15 is 0 Å². The fourth-order valence-corrected chi connectivity index (χ4v) is 3.00. The molecule has 1 unspecified atom stereocenters. The van der Waals surface area contributed by atoms with E-state index in [-0.39, 0.29) is 24.2 Å². The Morgan fingerprint density at radius 3 is 2.48 bits per heavy atom. The van der Waals surface area contributed by atoms with E-state index in [1.807, 2.05) is 49.4 Å². The predicted molar refractivity (Wildman–Crippen MR) is 112 cm³/mol. The minimum Gasteiger partial charge on any atom is -0.426 e. The first-order valence-electron chi connectivity index (χ1n) is 9.72. The maximum atomic E-state index is 12.7. The molecule has 0 radical (unpaired) electrons. The summed E-state index contributed by atoms with van der Waals surface area (Å²) in [5.74, 6) is 1.20. The first kappa shape index (κ1) is 20.7. The van der Waals surface area contributed by atoms with Gasteiger partial charge in [0.25, 0.3) is 11.9 Å². The van der Waals surface area contributed by atoms with E-state index in [9.17, 15) is 9.90 Å². The normalized spacial score (nSPS) is 12.1. The summed E-state index contributed by atoms with van der Waals surface area (Å²) in [5.41, 5.74) is 2.92. The highest BCUT2D eigenvalue weighted by molar-refractivity contribution is 5.91. The molecule has 1 heterocycles. The first-order valence-corrected chi connectivity index (χ1v) is 9.72. The Bertz CT molecular complexity index is 962. The number of aliphatic hydroxyl groups excluding tert-OH is 1. The molecule has 0 aliphatic heterocycles. The van der Waals surface area contributed by atoms with E-state index in [4.69, 9.17) is 9.15 Å². The van der Waals surface area contributed by atoms with Gasteiger partial charge in [0, 0.05) is 13.1 Å². The van der Waals surface area contributed by atoms with Gasteiger partial charge in [0.05, 0.1) is 12.6 Å². The van der Waals surface area contributed by atoms with E-state index in [2.05, 4.69) is 19.9 Å². The lowest BCUT2D eigenvalue weighted by Gasteiger charge is -2.20. The summed E-state index contributed by atoms with van der Waals surface area (Å²) < 4.78 is 11.5. The maximum Gasteiger partial charge on any atom is 0.290 e. The standard InChI is InChI=1S/C24H27NO4/c1-16(2)19-11-10-17(3)22(14-19)29-23-13-12-21(28-23)24(27)25(4)15-20(26)18-8-6-5-7-9-18/h5-14,16,20,26H,15H2,1-4H3. The van der Waals surface area contributed by atoms with Crippen LogP contribution in [0.1, 0.15) is 53.1 Å². The van der Waals surface area contributed by atoms with Gasteiger partial charge in [-0.15, -0.1) is 0 Å². The van der Waals surface area contributed by atoms with Crippen molar-refractivity contribution in [1.82, 2.24) is 4.90 Å². The van der Waals surface area contributed by atoms with E-state index in [0.717, 1.165) is 11.1 Å². The van der Waals surface area contributed by atoms with Gasteiger partial charge >= 0.3 is 0 Å². The number of ether oxygens (including phenoxy) is 1. The highest BCUT2D eigenvalue weighted by Gasteiger charge is 2.20. The molecular weight excluding hydrogens is 366 g/mol. The average molecular weight is 393 g/mol. The largest absolute Gasteiger partial charge is 0.426 e. The first-order chi connectivity index (χ1) is 13.8. The van der Waals surface area contributed by atoms with Crippen LogP contribution in [0.2, 0.25) is 0 Å². The third-order valence-corrected chi connectivity index (χ3v) is 4.86. The zero-order valence-corrected chi connectivity index (χ0v) is 17.3. The summed E-state index contributed by atoms with van der Waals surface area (Å²) in [5, 5.41) is 10.3. The number of aliphatic hydroxyl groups is 1. The van der Waals surface area contributed by atoms with Crippen molar-refractivity contribution in [1.29, 1.82) is 0 Å². The number of likely N-dealkylation sites (N-methyl/N-ethyl adjacent to an activating group) is 1. The zero-order chi connectivity index (χ0) is 21.0. The van der Waals surface area contributed by atoms with Crippen molar-refractivity contribution in [2.75, 3.05) is 13.6 Å². The fourth-order valence-electron chi connectivity index (χ4n) is 3.00. The van der Waals surface area contributed by atoms with Gasteiger partial charge in [-0.2, -0.15) is 0 Å². The Labute approximate surface area is 171 Å². The monoisotopic (exact) mass is 393 g/mol. The number of furan rings is 1. The van der Waals surface area contributed by atoms with Gasteiger partial charge in [0.2, 0.25) is 0 Å². The third kappa shape index (κ3) is 5.06. The molecule has 0 spiro atoms. The molecule has 1 N–H and O–H groups in total. The Morgan fingerprint density at radius 1 is 1.07 bits per heavy atom. The molecule has 1 atom stereocenters. The van der Waals surface area contributed by atoms with Gasteiger partial charge in [-0.1, -0.05) is 56.3 Å². The van der Waals surface area contributed by atoms with Gasteiger partial charge in [-0.25, -0.2) is 0 Å². The number of carbonyl (C=O) groups excluding carboxylic acids is 1. The summed E-state index contributed by atoms with van der Waals surface area (Å²) in [7, 11) is 1.63. The topological polar surface area (TPSA) is 62.9 Å². The SMILES string of the molecule is Cc1ccc(C(C)C)cc1Oc1ccc(C(=O)N(C)CC(O)c2ccccc2)o1. The lowest BCUT2D eigenvalue weighted by atomic mass is 10.0. The number of rotatable bonds is 7. The molecule has 1 aromatic heterocycles. The van der Waals surface area contributed by atoms with Crippen molar-refractivity contribution < 1.29 is 19.1 Å². The number of hydrogen-bond donors (Lipinski definition) is 1. The number of nitrogens with zero attached hydrogens (tertiary/aromatic N) is 1. The second-order valence-electron chi connectivity index (χ2n) is 7.51. The minimum atomic E-state index is -0.766. The summed E-state index contributed by atoms with van der Waals surface area (Å²) in [6.45, 7) is 6.37. The zero-order valence-electron chi connectivity index (χ0n) is 17.3. The third-order valence-electron chi connectivity index (χ3n) is 4.86.